The number of hydrogen-bond acceptors (Lipinski definition) is 3. The van der Waals surface area contributed by atoms with E-state index in [0.717, 1.165) is 11.2 Å². The standard InChI is InChI=1S/C8H11NOS/c1-6-2-3-8(11-6)7(9)4-5-10/h2-3,5,7H,4,9H2,1H3. The molecule has 1 aromatic heterocycles. The third kappa shape index (κ3) is 2.13. The van der Waals surface area contributed by atoms with E-state index in [9.17, 15) is 4.79 Å². The second-order valence-electron chi connectivity index (χ2n) is 2.46. The Bertz CT molecular complexity index is 244. The summed E-state index contributed by atoms with van der Waals surface area (Å²) in [4.78, 5) is 12.4. The Kier molecular flexibility index (Phi) is 2.79. The maximum absolute atomic E-state index is 10.1. The molecule has 0 radical (unpaired) electrons. The molecular weight excluding hydrogens is 158 g/mol. The van der Waals surface area contributed by atoms with Gasteiger partial charge in [0, 0.05) is 22.2 Å². The molecule has 0 aliphatic heterocycles. The first-order valence-corrected chi connectivity index (χ1v) is 4.31. The average molecular weight is 169 g/mol. The van der Waals surface area contributed by atoms with E-state index in [1.165, 1.54) is 4.88 Å². The number of aryl methyl sites for hydroxylation is 1. The average Bonchev–Trinajstić information content (AvgIpc) is 2.36. The van der Waals surface area contributed by atoms with Crippen LogP contribution in [0.5, 0.6) is 0 Å². The van der Waals surface area contributed by atoms with Crippen LogP contribution in [0.15, 0.2) is 12.1 Å². The molecular formula is C8H11NOS. The van der Waals surface area contributed by atoms with Gasteiger partial charge in [-0.3, -0.25) is 0 Å². The molecule has 0 amide bonds. The van der Waals surface area contributed by atoms with Crippen molar-refractivity contribution in [3.05, 3.63) is 21.9 Å². The molecule has 0 aliphatic rings. The largest absolute Gasteiger partial charge is 0.323 e. The molecule has 0 saturated carbocycles. The highest BCUT2D eigenvalue weighted by Crippen LogP contribution is 2.22. The molecule has 60 valence electrons. The quantitative estimate of drug-likeness (QED) is 0.699. The van der Waals surface area contributed by atoms with E-state index < -0.39 is 0 Å². The lowest BCUT2D eigenvalue weighted by Crippen LogP contribution is -2.08. The number of nitrogens with two attached hydrogens (primary N) is 1. The summed E-state index contributed by atoms with van der Waals surface area (Å²) in [5, 5.41) is 0. The zero-order valence-electron chi connectivity index (χ0n) is 6.41. The number of carbonyl (C=O) groups is 1. The molecule has 0 spiro atoms. The van der Waals surface area contributed by atoms with E-state index in [1.807, 2.05) is 19.1 Å². The highest BCUT2D eigenvalue weighted by atomic mass is 32.1. The molecule has 0 saturated heterocycles. The summed E-state index contributed by atoms with van der Waals surface area (Å²) in [6.07, 6.45) is 1.28. The molecule has 0 fully saturated rings. The Hall–Kier alpha value is -0.670. The van der Waals surface area contributed by atoms with Crippen molar-refractivity contribution in [2.24, 2.45) is 5.73 Å². The van der Waals surface area contributed by atoms with Crippen LogP contribution < -0.4 is 5.73 Å². The maximum Gasteiger partial charge on any atom is 0.121 e. The number of thiophene rings is 1. The summed E-state index contributed by atoms with van der Waals surface area (Å²) in [6.45, 7) is 2.03. The van der Waals surface area contributed by atoms with E-state index in [2.05, 4.69) is 0 Å². The summed E-state index contributed by atoms with van der Waals surface area (Å²) in [5.74, 6) is 0. The Morgan fingerprint density at radius 3 is 2.91 bits per heavy atom. The summed E-state index contributed by atoms with van der Waals surface area (Å²) < 4.78 is 0. The minimum absolute atomic E-state index is 0.105. The maximum atomic E-state index is 10.1. The molecule has 1 atom stereocenters. The lowest BCUT2D eigenvalue weighted by molar-refractivity contribution is -0.108. The van der Waals surface area contributed by atoms with Crippen LogP contribution in [0.1, 0.15) is 22.2 Å². The predicted octanol–water partition coefficient (Wildman–Crippen LogP) is 1.65. The summed E-state index contributed by atoms with van der Waals surface area (Å²) in [7, 11) is 0. The van der Waals surface area contributed by atoms with Gasteiger partial charge in [-0.25, -0.2) is 0 Å². The van der Waals surface area contributed by atoms with Gasteiger partial charge in [0.05, 0.1) is 0 Å². The van der Waals surface area contributed by atoms with Crippen molar-refractivity contribution in [2.75, 3.05) is 0 Å². The predicted molar refractivity (Wildman–Crippen MR) is 46.7 cm³/mol. The molecule has 2 N–H and O–H groups in total. The van der Waals surface area contributed by atoms with Crippen molar-refractivity contribution in [3.8, 4) is 0 Å². The van der Waals surface area contributed by atoms with E-state index in [0.29, 0.717) is 6.42 Å². The molecule has 1 unspecified atom stereocenters. The second-order valence-corrected chi connectivity index (χ2v) is 3.78. The lowest BCUT2D eigenvalue weighted by atomic mass is 10.2. The smallest absolute Gasteiger partial charge is 0.121 e. The first-order chi connectivity index (χ1) is 5.24. The van der Waals surface area contributed by atoms with E-state index >= 15 is 0 Å². The summed E-state index contributed by atoms with van der Waals surface area (Å²) in [6, 6.07) is 3.89. The van der Waals surface area contributed by atoms with Crippen LogP contribution in [-0.2, 0) is 4.79 Å². The Morgan fingerprint density at radius 1 is 1.73 bits per heavy atom. The fourth-order valence-corrected chi connectivity index (χ4v) is 1.76. The molecule has 0 aliphatic carbocycles. The monoisotopic (exact) mass is 169 g/mol. The number of hydrogen-bond donors (Lipinski definition) is 1. The van der Waals surface area contributed by atoms with Gasteiger partial charge in [0.1, 0.15) is 6.29 Å². The molecule has 1 aromatic rings. The van der Waals surface area contributed by atoms with E-state index in [-0.39, 0.29) is 6.04 Å². The first kappa shape index (κ1) is 8.43. The van der Waals surface area contributed by atoms with Gasteiger partial charge in [-0.15, -0.1) is 11.3 Å². The number of rotatable bonds is 3. The van der Waals surface area contributed by atoms with Crippen LogP contribution in [0.4, 0.5) is 0 Å². The summed E-state index contributed by atoms with van der Waals surface area (Å²) >= 11 is 1.65. The van der Waals surface area contributed by atoms with Crippen LogP contribution >= 0.6 is 11.3 Å². The van der Waals surface area contributed by atoms with Gasteiger partial charge in [-0.05, 0) is 19.1 Å². The number of aldehydes is 1. The molecule has 0 aromatic carbocycles. The van der Waals surface area contributed by atoms with Crippen molar-refractivity contribution in [1.29, 1.82) is 0 Å². The number of carbonyl (C=O) groups excluding carboxylic acids is 1. The van der Waals surface area contributed by atoms with E-state index in [1.54, 1.807) is 11.3 Å². The second kappa shape index (κ2) is 3.64. The highest BCUT2D eigenvalue weighted by Gasteiger charge is 2.06. The zero-order valence-corrected chi connectivity index (χ0v) is 7.23. The topological polar surface area (TPSA) is 43.1 Å². The van der Waals surface area contributed by atoms with Gasteiger partial charge in [0.15, 0.2) is 0 Å². The summed E-state index contributed by atoms with van der Waals surface area (Å²) in [5.41, 5.74) is 5.70. The van der Waals surface area contributed by atoms with Crippen LogP contribution in [0.2, 0.25) is 0 Å². The van der Waals surface area contributed by atoms with Gasteiger partial charge < -0.3 is 10.5 Å². The Balaban J connectivity index is 2.67. The minimum atomic E-state index is -0.105. The van der Waals surface area contributed by atoms with Gasteiger partial charge in [-0.2, -0.15) is 0 Å². The van der Waals surface area contributed by atoms with Crippen molar-refractivity contribution in [3.63, 3.8) is 0 Å². The zero-order chi connectivity index (χ0) is 8.27. The fourth-order valence-electron chi connectivity index (χ4n) is 0.873. The van der Waals surface area contributed by atoms with Crippen LogP contribution in [-0.4, -0.2) is 6.29 Å². The molecule has 1 rings (SSSR count). The van der Waals surface area contributed by atoms with Crippen molar-refractivity contribution in [1.82, 2.24) is 0 Å². The van der Waals surface area contributed by atoms with Crippen molar-refractivity contribution < 1.29 is 4.79 Å². The van der Waals surface area contributed by atoms with Crippen LogP contribution in [0, 0.1) is 6.92 Å². The first-order valence-electron chi connectivity index (χ1n) is 3.49. The van der Waals surface area contributed by atoms with Gasteiger partial charge in [0.2, 0.25) is 0 Å². The fraction of sp³-hybridized carbons (Fsp3) is 0.375. The Morgan fingerprint density at radius 2 is 2.45 bits per heavy atom. The minimum Gasteiger partial charge on any atom is -0.323 e. The van der Waals surface area contributed by atoms with Gasteiger partial charge in [-0.1, -0.05) is 0 Å². The molecule has 11 heavy (non-hydrogen) atoms. The third-order valence-corrected chi connectivity index (χ3v) is 2.61. The lowest BCUT2D eigenvalue weighted by Gasteiger charge is -2.02. The third-order valence-electron chi connectivity index (χ3n) is 1.48. The van der Waals surface area contributed by atoms with Gasteiger partial charge >= 0.3 is 0 Å². The molecule has 0 bridgehead atoms. The van der Waals surface area contributed by atoms with Crippen LogP contribution in [0.25, 0.3) is 0 Å². The molecule has 2 nitrogen and oxygen atoms in total. The van der Waals surface area contributed by atoms with E-state index in [4.69, 9.17) is 5.73 Å². The highest BCUT2D eigenvalue weighted by molar-refractivity contribution is 7.12. The van der Waals surface area contributed by atoms with Crippen molar-refractivity contribution in [2.45, 2.75) is 19.4 Å². The SMILES string of the molecule is Cc1ccc(C(N)CC=O)s1. The van der Waals surface area contributed by atoms with Crippen molar-refractivity contribution >= 4 is 17.6 Å². The van der Waals surface area contributed by atoms with Gasteiger partial charge in [0.25, 0.3) is 0 Å². The molecule has 1 heterocycles. The Labute approximate surface area is 70.0 Å². The van der Waals surface area contributed by atoms with Crippen LogP contribution in [0.3, 0.4) is 0 Å². The molecule has 3 heteroatoms. The normalized spacial score (nSPS) is 12.9.